The standard InChI is InChI=1S/C11H17N3O4/c1-4-11(5-2,10(16)17)14-8-7(18-3)9(15)13-6-12-8/h6H,4-5H2,1-3H3,(H,16,17)(H2,12,13,14,15). The van der Waals surface area contributed by atoms with Crippen molar-refractivity contribution in [1.29, 1.82) is 0 Å². The van der Waals surface area contributed by atoms with Gasteiger partial charge in [0.1, 0.15) is 5.54 Å². The fourth-order valence-corrected chi connectivity index (χ4v) is 1.67. The Hall–Kier alpha value is -2.05. The summed E-state index contributed by atoms with van der Waals surface area (Å²) in [6.45, 7) is 3.51. The van der Waals surface area contributed by atoms with E-state index < -0.39 is 17.1 Å². The highest BCUT2D eigenvalue weighted by Gasteiger charge is 2.36. The number of methoxy groups -OCH3 is 1. The Labute approximate surface area is 104 Å². The number of hydrogen-bond acceptors (Lipinski definition) is 5. The molecule has 7 heteroatoms. The van der Waals surface area contributed by atoms with Gasteiger partial charge in [0, 0.05) is 0 Å². The maximum absolute atomic E-state index is 11.5. The zero-order valence-corrected chi connectivity index (χ0v) is 10.6. The molecule has 0 saturated heterocycles. The minimum Gasteiger partial charge on any atom is -0.489 e. The lowest BCUT2D eigenvalue weighted by atomic mass is 9.93. The van der Waals surface area contributed by atoms with Crippen LogP contribution in [0.1, 0.15) is 26.7 Å². The van der Waals surface area contributed by atoms with Crippen molar-refractivity contribution in [3.63, 3.8) is 0 Å². The van der Waals surface area contributed by atoms with Crippen LogP contribution in [0.3, 0.4) is 0 Å². The maximum atomic E-state index is 11.5. The summed E-state index contributed by atoms with van der Waals surface area (Å²) >= 11 is 0. The molecule has 7 nitrogen and oxygen atoms in total. The molecule has 0 spiro atoms. The number of carbonyl (C=O) groups is 1. The predicted molar refractivity (Wildman–Crippen MR) is 66.0 cm³/mol. The summed E-state index contributed by atoms with van der Waals surface area (Å²) in [6, 6.07) is 0. The van der Waals surface area contributed by atoms with E-state index in [9.17, 15) is 14.7 Å². The smallest absolute Gasteiger partial charge is 0.329 e. The van der Waals surface area contributed by atoms with Crippen LogP contribution in [0, 0.1) is 0 Å². The van der Waals surface area contributed by atoms with Crippen LogP contribution in [0.15, 0.2) is 11.1 Å². The number of aliphatic carboxylic acids is 1. The first-order valence-corrected chi connectivity index (χ1v) is 5.64. The minimum absolute atomic E-state index is 0.0231. The van der Waals surface area contributed by atoms with Gasteiger partial charge in [-0.1, -0.05) is 13.8 Å². The van der Waals surface area contributed by atoms with Crippen molar-refractivity contribution in [1.82, 2.24) is 9.97 Å². The second-order valence-corrected chi connectivity index (χ2v) is 3.83. The summed E-state index contributed by atoms with van der Waals surface area (Å²) in [5.74, 6) is -0.881. The van der Waals surface area contributed by atoms with Crippen molar-refractivity contribution in [2.24, 2.45) is 0 Å². The molecule has 0 radical (unpaired) electrons. The molecule has 0 aliphatic carbocycles. The van der Waals surface area contributed by atoms with Crippen LogP contribution >= 0.6 is 0 Å². The summed E-state index contributed by atoms with van der Waals surface area (Å²) in [4.78, 5) is 29.1. The molecule has 1 aromatic rings. The zero-order valence-electron chi connectivity index (χ0n) is 10.6. The molecule has 0 atom stereocenters. The third kappa shape index (κ3) is 2.44. The molecule has 0 aromatic carbocycles. The van der Waals surface area contributed by atoms with E-state index in [2.05, 4.69) is 15.3 Å². The molecule has 1 heterocycles. The molecule has 18 heavy (non-hydrogen) atoms. The van der Waals surface area contributed by atoms with E-state index in [0.29, 0.717) is 12.8 Å². The number of H-pyrrole nitrogens is 1. The van der Waals surface area contributed by atoms with Gasteiger partial charge >= 0.3 is 5.97 Å². The first-order chi connectivity index (χ1) is 8.50. The molecule has 100 valence electrons. The molecule has 3 N–H and O–H groups in total. The minimum atomic E-state index is -1.16. The van der Waals surface area contributed by atoms with Gasteiger partial charge in [0.25, 0.3) is 5.56 Å². The molecule has 0 saturated carbocycles. The van der Waals surface area contributed by atoms with Gasteiger partial charge in [0.2, 0.25) is 5.75 Å². The Kier molecular flexibility index (Phi) is 4.30. The number of aromatic amines is 1. The second kappa shape index (κ2) is 5.52. The quantitative estimate of drug-likeness (QED) is 0.695. The van der Waals surface area contributed by atoms with E-state index in [1.165, 1.54) is 13.4 Å². The molecule has 0 aliphatic rings. The van der Waals surface area contributed by atoms with Crippen molar-refractivity contribution in [2.75, 3.05) is 12.4 Å². The number of carboxylic acids is 1. The van der Waals surface area contributed by atoms with Crippen LogP contribution in [0.25, 0.3) is 0 Å². The fraction of sp³-hybridized carbons (Fsp3) is 0.545. The molecule has 0 aliphatic heterocycles. The zero-order chi connectivity index (χ0) is 13.8. The number of rotatable bonds is 6. The normalized spacial score (nSPS) is 11.1. The van der Waals surface area contributed by atoms with Crippen LogP contribution < -0.4 is 15.6 Å². The number of ether oxygens (including phenoxy) is 1. The van der Waals surface area contributed by atoms with E-state index in [1.807, 2.05) is 0 Å². The second-order valence-electron chi connectivity index (χ2n) is 3.83. The SMILES string of the molecule is CCC(CC)(Nc1nc[nH]c(=O)c1OC)C(=O)O. The van der Waals surface area contributed by atoms with E-state index in [1.54, 1.807) is 13.8 Å². The number of hydrogen-bond donors (Lipinski definition) is 3. The lowest BCUT2D eigenvalue weighted by molar-refractivity contribution is -0.142. The Morgan fingerprint density at radius 1 is 1.56 bits per heavy atom. The van der Waals surface area contributed by atoms with Gasteiger partial charge in [-0.05, 0) is 12.8 Å². The molecular formula is C11H17N3O4. The van der Waals surface area contributed by atoms with Gasteiger partial charge in [0.05, 0.1) is 13.4 Å². The number of aromatic nitrogens is 2. The van der Waals surface area contributed by atoms with Crippen LogP contribution in [0.5, 0.6) is 5.75 Å². The Morgan fingerprint density at radius 3 is 2.61 bits per heavy atom. The third-order valence-electron chi connectivity index (χ3n) is 2.99. The van der Waals surface area contributed by atoms with Gasteiger partial charge in [-0.2, -0.15) is 0 Å². The first kappa shape index (κ1) is 14.0. The van der Waals surface area contributed by atoms with Gasteiger partial charge in [-0.3, -0.25) is 4.79 Å². The molecule has 0 amide bonds. The molecule has 0 fully saturated rings. The summed E-state index contributed by atoms with van der Waals surface area (Å²) in [7, 11) is 1.33. The highest BCUT2D eigenvalue weighted by atomic mass is 16.5. The van der Waals surface area contributed by atoms with Gasteiger partial charge in [-0.15, -0.1) is 0 Å². The van der Waals surface area contributed by atoms with E-state index in [-0.39, 0.29) is 11.6 Å². The summed E-state index contributed by atoms with van der Waals surface area (Å²) < 4.78 is 4.93. The van der Waals surface area contributed by atoms with Gasteiger partial charge in [-0.25, -0.2) is 9.78 Å². The Morgan fingerprint density at radius 2 is 2.17 bits per heavy atom. The monoisotopic (exact) mass is 255 g/mol. The topological polar surface area (TPSA) is 104 Å². The van der Waals surface area contributed by atoms with Crippen LogP contribution in [0.2, 0.25) is 0 Å². The number of carboxylic acid groups (broad SMARTS) is 1. The average Bonchev–Trinajstić information content (AvgIpc) is 2.35. The number of nitrogens with one attached hydrogen (secondary N) is 2. The van der Waals surface area contributed by atoms with E-state index in [4.69, 9.17) is 4.74 Å². The fourth-order valence-electron chi connectivity index (χ4n) is 1.67. The largest absolute Gasteiger partial charge is 0.489 e. The van der Waals surface area contributed by atoms with Crippen molar-refractivity contribution in [3.8, 4) is 5.75 Å². The van der Waals surface area contributed by atoms with E-state index >= 15 is 0 Å². The van der Waals surface area contributed by atoms with Gasteiger partial charge in [0.15, 0.2) is 5.82 Å². The van der Waals surface area contributed by atoms with E-state index in [0.717, 1.165) is 0 Å². The van der Waals surface area contributed by atoms with Crippen molar-refractivity contribution >= 4 is 11.8 Å². The molecule has 0 unspecified atom stereocenters. The van der Waals surface area contributed by atoms with Crippen LogP contribution in [0.4, 0.5) is 5.82 Å². The Balaban J connectivity index is 3.20. The predicted octanol–water partition coefficient (Wildman–Crippen LogP) is 0.834. The Bertz CT molecular complexity index is 479. The maximum Gasteiger partial charge on any atom is 0.329 e. The molecule has 1 aromatic heterocycles. The summed E-state index contributed by atoms with van der Waals surface area (Å²) in [6.07, 6.45) is 1.91. The first-order valence-electron chi connectivity index (χ1n) is 5.64. The summed E-state index contributed by atoms with van der Waals surface area (Å²) in [5.41, 5.74) is -1.62. The van der Waals surface area contributed by atoms with Crippen molar-refractivity contribution in [3.05, 3.63) is 16.7 Å². The number of anilines is 1. The average molecular weight is 255 g/mol. The number of nitrogens with zero attached hydrogens (tertiary/aromatic N) is 1. The van der Waals surface area contributed by atoms with Crippen molar-refractivity contribution in [2.45, 2.75) is 32.2 Å². The third-order valence-corrected chi connectivity index (χ3v) is 2.99. The molecule has 1 rings (SSSR count). The van der Waals surface area contributed by atoms with Crippen molar-refractivity contribution < 1.29 is 14.6 Å². The van der Waals surface area contributed by atoms with Gasteiger partial charge < -0.3 is 20.1 Å². The highest BCUT2D eigenvalue weighted by molar-refractivity contribution is 5.82. The highest BCUT2D eigenvalue weighted by Crippen LogP contribution is 2.25. The lowest BCUT2D eigenvalue weighted by Crippen LogP contribution is -2.45. The van der Waals surface area contributed by atoms with Crippen LogP contribution in [-0.4, -0.2) is 33.7 Å². The lowest BCUT2D eigenvalue weighted by Gasteiger charge is -2.28. The molecular weight excluding hydrogens is 238 g/mol. The summed E-state index contributed by atoms with van der Waals surface area (Å²) in [5, 5.41) is 12.1. The molecule has 0 bridgehead atoms. The van der Waals surface area contributed by atoms with Crippen LogP contribution in [-0.2, 0) is 4.79 Å².